The molecule has 2 heteroatoms. The molecule has 0 heterocycles. The lowest BCUT2D eigenvalue weighted by molar-refractivity contribution is 0.305. The quantitative estimate of drug-likeness (QED) is 0.813. The van der Waals surface area contributed by atoms with E-state index in [0.717, 1.165) is 5.56 Å². The van der Waals surface area contributed by atoms with Crippen LogP contribution in [0.5, 0.6) is 5.75 Å². The van der Waals surface area contributed by atoms with Crippen LogP contribution in [0.3, 0.4) is 0 Å². The second kappa shape index (κ2) is 6.06. The molecule has 2 aromatic rings. The van der Waals surface area contributed by atoms with Gasteiger partial charge in [0.15, 0.2) is 0 Å². The van der Waals surface area contributed by atoms with Crippen LogP contribution in [-0.4, -0.2) is 0 Å². The van der Waals surface area contributed by atoms with Crippen LogP contribution in [0.4, 0.5) is 0 Å². The molecule has 0 aromatic heterocycles. The monoisotopic (exact) mass is 251 g/mol. The van der Waals surface area contributed by atoms with E-state index in [4.69, 9.17) is 10.00 Å². The van der Waals surface area contributed by atoms with Crippen LogP contribution in [-0.2, 0) is 6.61 Å². The minimum atomic E-state index is 0.485. The molecule has 0 radical (unpaired) electrons. The molecule has 0 aliphatic carbocycles. The van der Waals surface area contributed by atoms with Gasteiger partial charge in [-0.1, -0.05) is 50.2 Å². The minimum absolute atomic E-state index is 0.485. The van der Waals surface area contributed by atoms with Gasteiger partial charge < -0.3 is 4.74 Å². The predicted molar refractivity (Wildman–Crippen MR) is 76.0 cm³/mol. The van der Waals surface area contributed by atoms with Gasteiger partial charge in [-0.2, -0.15) is 5.26 Å². The molecule has 96 valence electrons. The van der Waals surface area contributed by atoms with E-state index < -0.39 is 0 Å². The Morgan fingerprint density at radius 1 is 1.11 bits per heavy atom. The second-order valence-electron chi connectivity index (χ2n) is 4.80. The maximum absolute atomic E-state index is 9.00. The number of nitrogens with zero attached hydrogens (tertiary/aromatic N) is 1. The molecular formula is C17H17NO. The Bertz CT molecular complexity index is 596. The molecule has 0 aliphatic heterocycles. The van der Waals surface area contributed by atoms with Gasteiger partial charge in [0, 0.05) is 0 Å². The molecular weight excluding hydrogens is 234 g/mol. The molecule has 0 bridgehead atoms. The molecule has 0 fully saturated rings. The van der Waals surface area contributed by atoms with Gasteiger partial charge in [0.2, 0.25) is 0 Å². The highest BCUT2D eigenvalue weighted by Gasteiger charge is 2.04. The first-order chi connectivity index (χ1) is 9.20. The van der Waals surface area contributed by atoms with Crippen molar-refractivity contribution in [3.63, 3.8) is 0 Å². The third kappa shape index (κ3) is 3.35. The summed E-state index contributed by atoms with van der Waals surface area (Å²) in [6, 6.07) is 17.8. The van der Waals surface area contributed by atoms with Crippen molar-refractivity contribution in [2.24, 2.45) is 0 Å². The van der Waals surface area contributed by atoms with E-state index in [9.17, 15) is 0 Å². The summed E-state index contributed by atoms with van der Waals surface area (Å²) in [6.45, 7) is 4.83. The zero-order valence-corrected chi connectivity index (χ0v) is 11.3. The van der Waals surface area contributed by atoms with Crippen LogP contribution >= 0.6 is 0 Å². The van der Waals surface area contributed by atoms with Gasteiger partial charge in [-0.05, 0) is 29.2 Å². The molecule has 0 saturated heterocycles. The Balaban J connectivity index is 2.11. The largest absolute Gasteiger partial charge is 0.488 e. The highest BCUT2D eigenvalue weighted by Crippen LogP contribution is 2.20. The van der Waals surface area contributed by atoms with Crippen LogP contribution in [0, 0.1) is 11.3 Å². The average molecular weight is 251 g/mol. The van der Waals surface area contributed by atoms with Crippen molar-refractivity contribution < 1.29 is 4.74 Å². The van der Waals surface area contributed by atoms with E-state index >= 15 is 0 Å². The fourth-order valence-electron chi connectivity index (χ4n) is 1.89. The van der Waals surface area contributed by atoms with Crippen LogP contribution in [0.25, 0.3) is 0 Å². The van der Waals surface area contributed by atoms with Gasteiger partial charge in [-0.15, -0.1) is 0 Å². The SMILES string of the molecule is CC(C)c1cccc(COc2ccccc2C#N)c1. The smallest absolute Gasteiger partial charge is 0.137 e. The molecule has 0 saturated carbocycles. The summed E-state index contributed by atoms with van der Waals surface area (Å²) in [5.41, 5.74) is 3.00. The Morgan fingerprint density at radius 3 is 2.63 bits per heavy atom. The van der Waals surface area contributed by atoms with E-state index in [1.54, 1.807) is 6.07 Å². The average Bonchev–Trinajstić information content (AvgIpc) is 2.45. The summed E-state index contributed by atoms with van der Waals surface area (Å²) in [5.74, 6) is 1.14. The van der Waals surface area contributed by atoms with Crippen molar-refractivity contribution in [3.8, 4) is 11.8 Å². The van der Waals surface area contributed by atoms with Crippen molar-refractivity contribution in [2.45, 2.75) is 26.4 Å². The lowest BCUT2D eigenvalue weighted by Gasteiger charge is -2.10. The minimum Gasteiger partial charge on any atom is -0.488 e. The maximum Gasteiger partial charge on any atom is 0.137 e. The molecule has 2 aromatic carbocycles. The van der Waals surface area contributed by atoms with Gasteiger partial charge >= 0.3 is 0 Å². The first kappa shape index (κ1) is 13.2. The van der Waals surface area contributed by atoms with Crippen molar-refractivity contribution in [2.75, 3.05) is 0 Å². The molecule has 0 unspecified atom stereocenters. The number of para-hydroxylation sites is 1. The number of nitriles is 1. The van der Waals surface area contributed by atoms with Crippen LogP contribution in [0.2, 0.25) is 0 Å². The molecule has 19 heavy (non-hydrogen) atoms. The summed E-state index contributed by atoms with van der Waals surface area (Å²) < 4.78 is 5.73. The van der Waals surface area contributed by atoms with E-state index in [1.807, 2.05) is 30.3 Å². The van der Waals surface area contributed by atoms with Crippen LogP contribution < -0.4 is 4.74 Å². The first-order valence-corrected chi connectivity index (χ1v) is 6.41. The third-order valence-electron chi connectivity index (χ3n) is 3.02. The van der Waals surface area contributed by atoms with Gasteiger partial charge in [0.05, 0.1) is 5.56 Å². The van der Waals surface area contributed by atoms with Crippen molar-refractivity contribution in [1.29, 1.82) is 5.26 Å². The number of hydrogen-bond donors (Lipinski definition) is 0. The topological polar surface area (TPSA) is 33.0 Å². The summed E-state index contributed by atoms with van der Waals surface area (Å²) >= 11 is 0. The lowest BCUT2D eigenvalue weighted by atomic mass is 10.0. The van der Waals surface area contributed by atoms with Gasteiger partial charge in [0.1, 0.15) is 18.4 Å². The number of rotatable bonds is 4. The van der Waals surface area contributed by atoms with Gasteiger partial charge in [0.25, 0.3) is 0 Å². The summed E-state index contributed by atoms with van der Waals surface area (Å²) in [5, 5.41) is 9.00. The Morgan fingerprint density at radius 2 is 1.89 bits per heavy atom. The first-order valence-electron chi connectivity index (χ1n) is 6.41. The zero-order chi connectivity index (χ0) is 13.7. The zero-order valence-electron chi connectivity index (χ0n) is 11.3. The van der Waals surface area contributed by atoms with Crippen molar-refractivity contribution >= 4 is 0 Å². The fraction of sp³-hybridized carbons (Fsp3) is 0.235. The summed E-state index contributed by atoms with van der Waals surface area (Å²) in [4.78, 5) is 0. The molecule has 2 rings (SSSR count). The molecule has 2 nitrogen and oxygen atoms in total. The molecule has 0 aliphatic rings. The Kier molecular flexibility index (Phi) is 4.20. The third-order valence-corrected chi connectivity index (χ3v) is 3.02. The van der Waals surface area contributed by atoms with E-state index in [1.165, 1.54) is 5.56 Å². The number of ether oxygens (including phenoxy) is 1. The fourth-order valence-corrected chi connectivity index (χ4v) is 1.89. The van der Waals surface area contributed by atoms with Gasteiger partial charge in [-0.3, -0.25) is 0 Å². The lowest BCUT2D eigenvalue weighted by Crippen LogP contribution is -1.98. The van der Waals surface area contributed by atoms with Crippen molar-refractivity contribution in [1.82, 2.24) is 0 Å². The van der Waals surface area contributed by atoms with E-state index in [2.05, 4.69) is 32.0 Å². The van der Waals surface area contributed by atoms with E-state index in [-0.39, 0.29) is 0 Å². The van der Waals surface area contributed by atoms with Crippen LogP contribution in [0.1, 0.15) is 36.5 Å². The summed E-state index contributed by atoms with van der Waals surface area (Å²) in [7, 11) is 0. The number of hydrogen-bond acceptors (Lipinski definition) is 2. The standard InChI is InChI=1S/C17H17NO/c1-13(2)15-8-5-6-14(10-15)12-19-17-9-4-3-7-16(17)11-18/h3-10,13H,12H2,1-2H3. The summed E-state index contributed by atoms with van der Waals surface area (Å²) in [6.07, 6.45) is 0. The van der Waals surface area contributed by atoms with E-state index in [0.29, 0.717) is 23.8 Å². The molecule has 0 spiro atoms. The highest BCUT2D eigenvalue weighted by atomic mass is 16.5. The molecule has 0 atom stereocenters. The normalized spacial score (nSPS) is 10.2. The maximum atomic E-state index is 9.00. The van der Waals surface area contributed by atoms with Crippen molar-refractivity contribution in [3.05, 3.63) is 65.2 Å². The predicted octanol–water partition coefficient (Wildman–Crippen LogP) is 4.26. The molecule has 0 N–H and O–H groups in total. The molecule has 0 amide bonds. The number of benzene rings is 2. The van der Waals surface area contributed by atoms with Gasteiger partial charge in [-0.25, -0.2) is 0 Å². The second-order valence-corrected chi connectivity index (χ2v) is 4.80. The van der Waals surface area contributed by atoms with Crippen LogP contribution in [0.15, 0.2) is 48.5 Å². The Hall–Kier alpha value is -2.27. The highest BCUT2D eigenvalue weighted by molar-refractivity contribution is 5.42. The Labute approximate surface area is 114 Å².